The first-order valence-electron chi connectivity index (χ1n) is 7.15. The van der Waals surface area contributed by atoms with Crippen LogP contribution in [0, 0.1) is 0 Å². The van der Waals surface area contributed by atoms with Gasteiger partial charge in [-0.1, -0.05) is 53.5 Å². The van der Waals surface area contributed by atoms with Gasteiger partial charge >= 0.3 is 0 Å². The summed E-state index contributed by atoms with van der Waals surface area (Å²) < 4.78 is 0. The number of hydrogen-bond acceptors (Lipinski definition) is 1. The maximum absolute atomic E-state index is 12.0. The maximum atomic E-state index is 12.0. The summed E-state index contributed by atoms with van der Waals surface area (Å²) in [7, 11) is 2.01. The smallest absolute Gasteiger partial charge is 0.279 e. The molecule has 0 aliphatic carbocycles. The van der Waals surface area contributed by atoms with E-state index >= 15 is 0 Å². The molecule has 0 spiro atoms. The average molecular weight is 338 g/mol. The van der Waals surface area contributed by atoms with Crippen LogP contribution in [0.3, 0.4) is 0 Å². The highest BCUT2D eigenvalue weighted by Crippen LogP contribution is 2.24. The summed E-state index contributed by atoms with van der Waals surface area (Å²) in [5.74, 6) is -0.0380. The van der Waals surface area contributed by atoms with E-state index < -0.39 is 0 Å². The normalized spacial score (nSPS) is 12.0. The number of anilines is 1. The summed E-state index contributed by atoms with van der Waals surface area (Å²) in [6.07, 6.45) is 0.951. The Balaban J connectivity index is 1.79. The van der Waals surface area contributed by atoms with Crippen molar-refractivity contribution in [3.05, 3.63) is 64.1 Å². The number of nitrogens with one attached hydrogen (secondary N) is 2. The van der Waals surface area contributed by atoms with Gasteiger partial charge in [-0.2, -0.15) is 0 Å². The second-order valence-electron chi connectivity index (χ2n) is 5.30. The first-order valence-corrected chi connectivity index (χ1v) is 7.90. The second-order valence-corrected chi connectivity index (χ2v) is 6.11. The molecule has 1 amide bonds. The van der Waals surface area contributed by atoms with Crippen LogP contribution in [0.15, 0.2) is 48.5 Å². The molecule has 0 fully saturated rings. The predicted octanol–water partition coefficient (Wildman–Crippen LogP) is 2.69. The van der Waals surface area contributed by atoms with Crippen molar-refractivity contribution < 1.29 is 9.69 Å². The first-order chi connectivity index (χ1) is 10.5. The molecule has 0 saturated carbocycles. The van der Waals surface area contributed by atoms with Gasteiger partial charge in [-0.15, -0.1) is 0 Å². The van der Waals surface area contributed by atoms with E-state index in [1.165, 1.54) is 5.56 Å². The molecule has 2 rings (SSSR count). The summed E-state index contributed by atoms with van der Waals surface area (Å²) in [5, 5.41) is 3.75. The first kappa shape index (κ1) is 16.8. The highest BCUT2D eigenvalue weighted by molar-refractivity contribution is 6.42. The highest BCUT2D eigenvalue weighted by atomic mass is 35.5. The molecule has 0 heterocycles. The van der Waals surface area contributed by atoms with E-state index in [9.17, 15) is 4.79 Å². The van der Waals surface area contributed by atoms with Gasteiger partial charge in [0.05, 0.1) is 23.6 Å². The Bertz CT molecular complexity index is 632. The number of hydrogen-bond donors (Lipinski definition) is 2. The lowest BCUT2D eigenvalue weighted by molar-refractivity contribution is -0.870. The molecule has 1 unspecified atom stereocenters. The lowest BCUT2D eigenvalue weighted by Gasteiger charge is -2.14. The van der Waals surface area contributed by atoms with Crippen LogP contribution in [0.2, 0.25) is 10.0 Å². The largest absolute Gasteiger partial charge is 0.329 e. The van der Waals surface area contributed by atoms with E-state index in [1.807, 2.05) is 25.2 Å². The van der Waals surface area contributed by atoms with Crippen LogP contribution in [-0.2, 0) is 11.2 Å². The predicted molar refractivity (Wildman–Crippen MR) is 91.9 cm³/mol. The van der Waals surface area contributed by atoms with Crippen molar-refractivity contribution in [3.63, 3.8) is 0 Å². The van der Waals surface area contributed by atoms with Crippen LogP contribution in [0.1, 0.15) is 5.56 Å². The fraction of sp³-hybridized carbons (Fsp3) is 0.235. The molecular weight excluding hydrogens is 319 g/mol. The number of amides is 1. The Hall–Kier alpha value is -1.55. The quantitative estimate of drug-likeness (QED) is 0.834. The topological polar surface area (TPSA) is 33.5 Å². The lowest BCUT2D eigenvalue weighted by atomic mass is 10.1. The van der Waals surface area contributed by atoms with Crippen molar-refractivity contribution in [1.82, 2.24) is 0 Å². The SMILES string of the molecule is C[NH+](CCc1ccccc1)CC(=O)Nc1ccc(Cl)c(Cl)c1. The van der Waals surface area contributed by atoms with E-state index in [1.54, 1.807) is 18.2 Å². The van der Waals surface area contributed by atoms with Gasteiger partial charge in [0.15, 0.2) is 6.54 Å². The number of carbonyl (C=O) groups excluding carboxylic acids is 1. The minimum absolute atomic E-state index is 0.0380. The average Bonchev–Trinajstić information content (AvgIpc) is 2.50. The highest BCUT2D eigenvalue weighted by Gasteiger charge is 2.11. The molecule has 1 atom stereocenters. The number of rotatable bonds is 6. The minimum Gasteiger partial charge on any atom is -0.329 e. The molecule has 3 nitrogen and oxygen atoms in total. The maximum Gasteiger partial charge on any atom is 0.279 e. The molecule has 0 aliphatic heterocycles. The van der Waals surface area contributed by atoms with Gasteiger partial charge in [-0.05, 0) is 23.8 Å². The molecule has 2 aromatic rings. The molecule has 0 saturated heterocycles. The van der Waals surface area contributed by atoms with Crippen molar-refractivity contribution in [2.75, 3.05) is 25.5 Å². The molecule has 2 aromatic carbocycles. The number of benzene rings is 2. The fourth-order valence-corrected chi connectivity index (χ4v) is 2.44. The number of halogens is 2. The van der Waals surface area contributed by atoms with Gasteiger partial charge in [0.2, 0.25) is 0 Å². The van der Waals surface area contributed by atoms with Crippen LogP contribution in [0.25, 0.3) is 0 Å². The van der Waals surface area contributed by atoms with Gasteiger partial charge in [-0.25, -0.2) is 0 Å². The molecule has 22 heavy (non-hydrogen) atoms. The molecule has 0 aliphatic rings. The van der Waals surface area contributed by atoms with Crippen LogP contribution < -0.4 is 10.2 Å². The standard InChI is InChI=1S/C17H18Cl2N2O/c1-21(10-9-13-5-3-2-4-6-13)12-17(22)20-14-7-8-15(18)16(19)11-14/h2-8,11H,9-10,12H2,1H3,(H,20,22)/p+1. The van der Waals surface area contributed by atoms with Gasteiger partial charge < -0.3 is 10.2 Å². The zero-order valence-electron chi connectivity index (χ0n) is 12.4. The summed E-state index contributed by atoms with van der Waals surface area (Å²) in [5.41, 5.74) is 1.95. The minimum atomic E-state index is -0.0380. The Kier molecular flexibility index (Phi) is 6.25. The van der Waals surface area contributed by atoms with Crippen molar-refractivity contribution in [1.29, 1.82) is 0 Å². The van der Waals surface area contributed by atoms with Crippen LogP contribution in [0.5, 0.6) is 0 Å². The van der Waals surface area contributed by atoms with Crippen molar-refractivity contribution in [2.24, 2.45) is 0 Å². The summed E-state index contributed by atoms with van der Waals surface area (Å²) in [6.45, 7) is 1.31. The van der Waals surface area contributed by atoms with E-state index in [4.69, 9.17) is 23.2 Å². The third kappa shape index (κ3) is 5.34. The van der Waals surface area contributed by atoms with Crippen LogP contribution in [0.4, 0.5) is 5.69 Å². The van der Waals surface area contributed by atoms with Gasteiger partial charge in [0.1, 0.15) is 0 Å². The second kappa shape index (κ2) is 8.18. The van der Waals surface area contributed by atoms with Gasteiger partial charge in [0, 0.05) is 12.1 Å². The lowest BCUT2D eigenvalue weighted by Crippen LogP contribution is -3.10. The van der Waals surface area contributed by atoms with E-state index in [-0.39, 0.29) is 5.91 Å². The fourth-order valence-electron chi connectivity index (χ4n) is 2.14. The van der Waals surface area contributed by atoms with E-state index in [0.717, 1.165) is 17.9 Å². The Labute approximate surface area is 140 Å². The van der Waals surface area contributed by atoms with Crippen molar-refractivity contribution in [3.8, 4) is 0 Å². The summed E-state index contributed by atoms with van der Waals surface area (Å²) >= 11 is 11.8. The Morgan fingerprint density at radius 2 is 1.82 bits per heavy atom. The summed E-state index contributed by atoms with van der Waals surface area (Å²) in [6, 6.07) is 15.3. The van der Waals surface area contributed by atoms with E-state index in [2.05, 4.69) is 17.4 Å². The number of likely N-dealkylation sites (N-methyl/N-ethyl adjacent to an activating group) is 1. The van der Waals surface area contributed by atoms with Crippen LogP contribution in [-0.4, -0.2) is 26.0 Å². The zero-order valence-corrected chi connectivity index (χ0v) is 13.9. The third-order valence-electron chi connectivity index (χ3n) is 3.35. The molecule has 116 valence electrons. The van der Waals surface area contributed by atoms with Crippen molar-refractivity contribution in [2.45, 2.75) is 6.42 Å². The molecule has 0 radical (unpaired) electrons. The molecule has 5 heteroatoms. The molecule has 2 N–H and O–H groups in total. The van der Waals surface area contributed by atoms with Gasteiger partial charge in [-0.3, -0.25) is 4.79 Å². The summed E-state index contributed by atoms with van der Waals surface area (Å²) in [4.78, 5) is 13.2. The Morgan fingerprint density at radius 1 is 1.09 bits per heavy atom. The van der Waals surface area contributed by atoms with Gasteiger partial charge in [0.25, 0.3) is 5.91 Å². The van der Waals surface area contributed by atoms with Crippen molar-refractivity contribution >= 4 is 34.8 Å². The van der Waals surface area contributed by atoms with Crippen LogP contribution >= 0.6 is 23.2 Å². The van der Waals surface area contributed by atoms with E-state index in [0.29, 0.717) is 22.3 Å². The molecule has 0 bridgehead atoms. The Morgan fingerprint density at radius 3 is 2.50 bits per heavy atom. The number of quaternary nitrogens is 1. The third-order valence-corrected chi connectivity index (χ3v) is 4.09. The molecule has 0 aromatic heterocycles. The molecular formula is C17H19Cl2N2O+. The monoisotopic (exact) mass is 337 g/mol. The number of carbonyl (C=O) groups is 1. The zero-order chi connectivity index (χ0) is 15.9.